The Bertz CT molecular complexity index is 386. The Morgan fingerprint density at radius 1 is 1.43 bits per heavy atom. The summed E-state index contributed by atoms with van der Waals surface area (Å²) in [7, 11) is 1.22. The van der Waals surface area contributed by atoms with Gasteiger partial charge in [0.1, 0.15) is 0 Å². The van der Waals surface area contributed by atoms with Crippen molar-refractivity contribution in [3.8, 4) is 0 Å². The molecule has 1 N–H and O–H groups in total. The second-order valence-corrected chi connectivity index (χ2v) is 2.90. The van der Waals surface area contributed by atoms with Gasteiger partial charge in [0.15, 0.2) is 0 Å². The van der Waals surface area contributed by atoms with Gasteiger partial charge in [-0.15, -0.1) is 0 Å². The van der Waals surface area contributed by atoms with E-state index in [0.29, 0.717) is 0 Å². The zero-order valence-electron chi connectivity index (χ0n) is 7.28. The van der Waals surface area contributed by atoms with E-state index in [2.05, 4.69) is 4.74 Å². The second-order valence-electron chi connectivity index (χ2n) is 2.49. The monoisotopic (exact) mass is 214 g/mol. The Morgan fingerprint density at radius 3 is 2.57 bits per heavy atom. The highest BCUT2D eigenvalue weighted by Crippen LogP contribution is 2.17. The van der Waals surface area contributed by atoms with E-state index in [9.17, 15) is 9.59 Å². The number of rotatable bonds is 2. The first kappa shape index (κ1) is 10.5. The topological polar surface area (TPSA) is 63.6 Å². The third kappa shape index (κ3) is 2.03. The Hall–Kier alpha value is -1.55. The van der Waals surface area contributed by atoms with Crippen LogP contribution in [0.25, 0.3) is 0 Å². The first-order valence-corrected chi connectivity index (χ1v) is 4.05. The predicted molar refractivity (Wildman–Crippen MR) is 49.8 cm³/mol. The van der Waals surface area contributed by atoms with E-state index in [4.69, 9.17) is 16.7 Å². The molecule has 0 saturated heterocycles. The SMILES string of the molecule is COC(=O)c1ccc(Cl)c(C(=O)O)c1. The van der Waals surface area contributed by atoms with Gasteiger partial charge in [0.2, 0.25) is 0 Å². The average Bonchev–Trinajstić information content (AvgIpc) is 2.17. The van der Waals surface area contributed by atoms with Crippen molar-refractivity contribution in [2.75, 3.05) is 7.11 Å². The van der Waals surface area contributed by atoms with Crippen molar-refractivity contribution in [3.05, 3.63) is 34.3 Å². The van der Waals surface area contributed by atoms with Crippen molar-refractivity contribution in [1.82, 2.24) is 0 Å². The number of carboxylic acids is 1. The van der Waals surface area contributed by atoms with Crippen LogP contribution in [0.4, 0.5) is 0 Å². The molecule has 0 aliphatic carbocycles. The van der Waals surface area contributed by atoms with Crippen LogP contribution in [0.3, 0.4) is 0 Å². The molecule has 0 bridgehead atoms. The summed E-state index contributed by atoms with van der Waals surface area (Å²) >= 11 is 5.61. The van der Waals surface area contributed by atoms with Crippen molar-refractivity contribution in [1.29, 1.82) is 0 Å². The summed E-state index contributed by atoms with van der Waals surface area (Å²) in [6.45, 7) is 0. The van der Waals surface area contributed by atoms with Gasteiger partial charge in [-0.05, 0) is 18.2 Å². The molecule has 0 unspecified atom stereocenters. The Kier molecular flexibility index (Phi) is 3.09. The third-order valence-electron chi connectivity index (χ3n) is 1.62. The summed E-state index contributed by atoms with van der Waals surface area (Å²) < 4.78 is 4.44. The Morgan fingerprint density at radius 2 is 2.07 bits per heavy atom. The molecule has 1 aromatic carbocycles. The van der Waals surface area contributed by atoms with Crippen molar-refractivity contribution in [2.24, 2.45) is 0 Å². The second kappa shape index (κ2) is 4.11. The van der Waals surface area contributed by atoms with Crippen LogP contribution in [-0.4, -0.2) is 24.2 Å². The van der Waals surface area contributed by atoms with Crippen LogP contribution in [0.1, 0.15) is 20.7 Å². The first-order valence-electron chi connectivity index (χ1n) is 3.67. The summed E-state index contributed by atoms with van der Waals surface area (Å²) in [5.74, 6) is -1.77. The van der Waals surface area contributed by atoms with Gasteiger partial charge >= 0.3 is 11.9 Å². The number of esters is 1. The molecule has 0 spiro atoms. The zero-order chi connectivity index (χ0) is 10.7. The highest BCUT2D eigenvalue weighted by Gasteiger charge is 2.13. The lowest BCUT2D eigenvalue weighted by atomic mass is 10.1. The van der Waals surface area contributed by atoms with E-state index in [1.807, 2.05) is 0 Å². The van der Waals surface area contributed by atoms with Crippen molar-refractivity contribution in [3.63, 3.8) is 0 Å². The standard InChI is InChI=1S/C9H7ClO4/c1-14-9(13)5-2-3-7(10)6(4-5)8(11)12/h2-4H,1H3,(H,11,12). The van der Waals surface area contributed by atoms with Crippen LogP contribution < -0.4 is 0 Å². The molecule has 1 aromatic rings. The predicted octanol–water partition coefficient (Wildman–Crippen LogP) is 1.82. The molecule has 0 aromatic heterocycles. The maximum atomic E-state index is 11.0. The van der Waals surface area contributed by atoms with Gasteiger partial charge in [0.25, 0.3) is 0 Å². The maximum Gasteiger partial charge on any atom is 0.337 e. The Balaban J connectivity index is 3.19. The van der Waals surface area contributed by atoms with E-state index in [-0.39, 0.29) is 16.1 Å². The number of halogens is 1. The van der Waals surface area contributed by atoms with E-state index in [0.717, 1.165) is 0 Å². The highest BCUT2D eigenvalue weighted by molar-refractivity contribution is 6.33. The smallest absolute Gasteiger partial charge is 0.337 e. The first-order chi connectivity index (χ1) is 6.56. The minimum absolute atomic E-state index is 0.0881. The fraction of sp³-hybridized carbons (Fsp3) is 0.111. The lowest BCUT2D eigenvalue weighted by molar-refractivity contribution is 0.0600. The average molecular weight is 215 g/mol. The summed E-state index contributed by atoms with van der Waals surface area (Å²) in [6.07, 6.45) is 0. The van der Waals surface area contributed by atoms with Gasteiger partial charge in [-0.1, -0.05) is 11.6 Å². The van der Waals surface area contributed by atoms with Crippen LogP contribution in [0.15, 0.2) is 18.2 Å². The fourth-order valence-corrected chi connectivity index (χ4v) is 1.13. The molecule has 5 heteroatoms. The van der Waals surface area contributed by atoms with E-state index < -0.39 is 11.9 Å². The van der Waals surface area contributed by atoms with Crippen molar-refractivity contribution < 1.29 is 19.4 Å². The molecule has 0 radical (unpaired) electrons. The molecule has 1 rings (SSSR count). The van der Waals surface area contributed by atoms with Gasteiger partial charge in [-0.3, -0.25) is 0 Å². The Labute approximate surface area is 85.1 Å². The molecular formula is C9H7ClO4. The number of ether oxygens (including phenoxy) is 1. The molecule has 74 valence electrons. The van der Waals surface area contributed by atoms with E-state index in [1.165, 1.54) is 25.3 Å². The van der Waals surface area contributed by atoms with Gasteiger partial charge in [-0.2, -0.15) is 0 Å². The molecule has 0 atom stereocenters. The van der Waals surface area contributed by atoms with E-state index >= 15 is 0 Å². The molecule has 0 saturated carbocycles. The fourth-order valence-electron chi connectivity index (χ4n) is 0.934. The molecule has 0 fully saturated rings. The molecule has 4 nitrogen and oxygen atoms in total. The number of carboxylic acid groups (broad SMARTS) is 1. The number of aromatic carboxylic acids is 1. The number of carbonyl (C=O) groups excluding carboxylic acids is 1. The van der Waals surface area contributed by atoms with Crippen molar-refractivity contribution in [2.45, 2.75) is 0 Å². The van der Waals surface area contributed by atoms with Gasteiger partial charge in [-0.25, -0.2) is 9.59 Å². The molecule has 14 heavy (non-hydrogen) atoms. The summed E-state index contributed by atoms with van der Waals surface area (Å²) in [5.41, 5.74) is 0.0452. The molecular weight excluding hydrogens is 208 g/mol. The normalized spacial score (nSPS) is 9.57. The largest absolute Gasteiger partial charge is 0.478 e. The number of benzene rings is 1. The summed E-state index contributed by atoms with van der Waals surface area (Å²) in [4.78, 5) is 21.7. The van der Waals surface area contributed by atoms with Gasteiger partial charge in [0.05, 0.1) is 23.3 Å². The minimum Gasteiger partial charge on any atom is -0.478 e. The van der Waals surface area contributed by atoms with Gasteiger partial charge in [0, 0.05) is 0 Å². The van der Waals surface area contributed by atoms with E-state index in [1.54, 1.807) is 0 Å². The van der Waals surface area contributed by atoms with Crippen molar-refractivity contribution >= 4 is 23.5 Å². The molecule has 0 amide bonds. The summed E-state index contributed by atoms with van der Waals surface area (Å²) in [6, 6.07) is 3.92. The maximum absolute atomic E-state index is 11.0. The summed E-state index contributed by atoms with van der Waals surface area (Å²) in [5, 5.41) is 8.80. The number of methoxy groups -OCH3 is 1. The van der Waals surface area contributed by atoms with Crippen LogP contribution in [-0.2, 0) is 4.74 Å². The molecule has 0 heterocycles. The zero-order valence-corrected chi connectivity index (χ0v) is 8.04. The molecule has 0 aliphatic rings. The van der Waals surface area contributed by atoms with Crippen LogP contribution in [0.5, 0.6) is 0 Å². The molecule has 0 aliphatic heterocycles. The van der Waals surface area contributed by atoms with Crippen LogP contribution in [0, 0.1) is 0 Å². The highest BCUT2D eigenvalue weighted by atomic mass is 35.5. The quantitative estimate of drug-likeness (QED) is 0.763. The van der Waals surface area contributed by atoms with Crippen LogP contribution >= 0.6 is 11.6 Å². The lowest BCUT2D eigenvalue weighted by Gasteiger charge is -2.02. The number of hydrogen-bond donors (Lipinski definition) is 1. The number of hydrogen-bond acceptors (Lipinski definition) is 3. The van der Waals surface area contributed by atoms with Gasteiger partial charge < -0.3 is 9.84 Å². The number of carbonyl (C=O) groups is 2. The lowest BCUT2D eigenvalue weighted by Crippen LogP contribution is -2.04. The minimum atomic E-state index is -1.18. The third-order valence-corrected chi connectivity index (χ3v) is 1.95. The van der Waals surface area contributed by atoms with Crippen LogP contribution in [0.2, 0.25) is 5.02 Å².